The summed E-state index contributed by atoms with van der Waals surface area (Å²) in [6, 6.07) is 13.3. The van der Waals surface area contributed by atoms with Crippen molar-refractivity contribution in [3.8, 4) is 5.69 Å². The number of benzene rings is 2. The molecule has 0 atom stereocenters. The number of aromatic nitrogens is 5. The fourth-order valence-electron chi connectivity index (χ4n) is 3.74. The highest BCUT2D eigenvalue weighted by Gasteiger charge is 2.22. The Kier molecular flexibility index (Phi) is 10.2. The SMILES string of the molecule is CCN(CC)S(=O)(=O)c1ccc(C(=O)NCc2nnc(SCC(=O)Nc3nnc(C)s3)n2-c2ccc(Br)cc2)cc1. The molecule has 0 fully saturated rings. The van der Waals surface area contributed by atoms with E-state index in [-0.39, 0.29) is 23.1 Å². The van der Waals surface area contributed by atoms with Gasteiger partial charge in [-0.15, -0.1) is 20.4 Å². The Morgan fingerprint density at radius 2 is 1.68 bits per heavy atom. The fourth-order valence-corrected chi connectivity index (χ4v) is 6.84. The molecule has 0 aliphatic carbocycles. The maximum absolute atomic E-state index is 12.9. The van der Waals surface area contributed by atoms with E-state index in [1.807, 2.05) is 24.3 Å². The second-order valence-electron chi connectivity index (χ2n) is 8.47. The Balaban J connectivity index is 1.48. The number of anilines is 1. The van der Waals surface area contributed by atoms with Gasteiger partial charge in [0.15, 0.2) is 11.0 Å². The molecule has 0 aliphatic heterocycles. The zero-order valence-electron chi connectivity index (χ0n) is 22.4. The van der Waals surface area contributed by atoms with Crippen molar-refractivity contribution < 1.29 is 18.0 Å². The highest BCUT2D eigenvalue weighted by atomic mass is 79.9. The summed E-state index contributed by atoms with van der Waals surface area (Å²) in [6.07, 6.45) is 0. The van der Waals surface area contributed by atoms with Gasteiger partial charge in [-0.25, -0.2) is 8.42 Å². The van der Waals surface area contributed by atoms with E-state index < -0.39 is 15.9 Å². The second kappa shape index (κ2) is 13.7. The molecular weight excluding hydrogens is 652 g/mol. The Labute approximate surface area is 254 Å². The van der Waals surface area contributed by atoms with Gasteiger partial charge >= 0.3 is 0 Å². The first-order valence-corrected chi connectivity index (χ1v) is 16.5. The van der Waals surface area contributed by atoms with E-state index in [0.717, 1.165) is 15.2 Å². The molecule has 2 heterocycles. The van der Waals surface area contributed by atoms with Crippen molar-refractivity contribution in [1.29, 1.82) is 0 Å². The zero-order valence-corrected chi connectivity index (χ0v) is 26.4. The van der Waals surface area contributed by atoms with Gasteiger partial charge in [-0.05, 0) is 55.5 Å². The molecule has 2 aromatic heterocycles. The predicted octanol–water partition coefficient (Wildman–Crippen LogP) is 3.88. The molecular formula is C25H27BrN8O4S3. The number of nitrogens with one attached hydrogen (secondary N) is 2. The first-order valence-electron chi connectivity index (χ1n) is 12.4. The molecule has 4 aromatic rings. The summed E-state index contributed by atoms with van der Waals surface area (Å²) in [5.41, 5.74) is 1.05. The quantitative estimate of drug-likeness (QED) is 0.213. The first kappa shape index (κ1) is 30.8. The maximum Gasteiger partial charge on any atom is 0.251 e. The molecule has 0 spiro atoms. The molecule has 41 heavy (non-hydrogen) atoms. The second-order valence-corrected chi connectivity index (χ2v) is 13.4. The molecule has 0 radical (unpaired) electrons. The van der Waals surface area contributed by atoms with Crippen molar-refractivity contribution in [2.75, 3.05) is 24.2 Å². The van der Waals surface area contributed by atoms with Crippen molar-refractivity contribution in [1.82, 2.24) is 34.6 Å². The van der Waals surface area contributed by atoms with Gasteiger partial charge in [-0.2, -0.15) is 4.31 Å². The average molecular weight is 680 g/mol. The highest BCUT2D eigenvalue weighted by Crippen LogP contribution is 2.24. The molecule has 4 rings (SSSR count). The van der Waals surface area contributed by atoms with E-state index in [1.54, 1.807) is 25.3 Å². The smallest absolute Gasteiger partial charge is 0.251 e. The lowest BCUT2D eigenvalue weighted by molar-refractivity contribution is -0.113. The van der Waals surface area contributed by atoms with Gasteiger partial charge in [0.1, 0.15) is 5.01 Å². The summed E-state index contributed by atoms with van der Waals surface area (Å²) in [6.45, 7) is 6.10. The van der Waals surface area contributed by atoms with Crippen LogP contribution in [0.1, 0.15) is 35.0 Å². The van der Waals surface area contributed by atoms with Gasteiger partial charge in [0.25, 0.3) is 5.91 Å². The van der Waals surface area contributed by atoms with Gasteiger partial charge in [0, 0.05) is 28.8 Å². The van der Waals surface area contributed by atoms with E-state index in [4.69, 9.17) is 0 Å². The van der Waals surface area contributed by atoms with Crippen LogP contribution in [0.3, 0.4) is 0 Å². The van der Waals surface area contributed by atoms with Crippen LogP contribution in [0.5, 0.6) is 0 Å². The van der Waals surface area contributed by atoms with Crippen molar-refractivity contribution in [3.63, 3.8) is 0 Å². The molecule has 0 unspecified atom stereocenters. The molecule has 0 aliphatic rings. The molecule has 12 nitrogen and oxygen atoms in total. The number of carbonyl (C=O) groups is 2. The maximum atomic E-state index is 12.9. The van der Waals surface area contributed by atoms with Gasteiger partial charge in [0.2, 0.25) is 21.1 Å². The average Bonchev–Trinajstić information content (AvgIpc) is 3.56. The fraction of sp³-hybridized carbons (Fsp3) is 0.280. The van der Waals surface area contributed by atoms with E-state index in [1.165, 1.54) is 51.7 Å². The van der Waals surface area contributed by atoms with Crippen LogP contribution < -0.4 is 10.6 Å². The number of rotatable bonds is 12. The Morgan fingerprint density at radius 1 is 1.00 bits per heavy atom. The molecule has 0 saturated carbocycles. The molecule has 216 valence electrons. The van der Waals surface area contributed by atoms with E-state index in [2.05, 4.69) is 47.0 Å². The summed E-state index contributed by atoms with van der Waals surface area (Å²) >= 11 is 5.90. The lowest BCUT2D eigenvalue weighted by Crippen LogP contribution is -2.30. The predicted molar refractivity (Wildman–Crippen MR) is 161 cm³/mol. The Morgan fingerprint density at radius 3 is 2.29 bits per heavy atom. The van der Waals surface area contributed by atoms with Crippen molar-refractivity contribution in [3.05, 3.63) is 69.4 Å². The van der Waals surface area contributed by atoms with Crippen molar-refractivity contribution in [2.24, 2.45) is 0 Å². The molecule has 2 N–H and O–H groups in total. The third-order valence-corrected chi connectivity index (χ3v) is 10.0. The van der Waals surface area contributed by atoms with Crippen LogP contribution in [-0.2, 0) is 21.4 Å². The van der Waals surface area contributed by atoms with Crippen LogP contribution in [0.2, 0.25) is 0 Å². The normalized spacial score (nSPS) is 11.5. The number of amides is 2. The summed E-state index contributed by atoms with van der Waals surface area (Å²) in [5.74, 6) is -0.160. The van der Waals surface area contributed by atoms with Gasteiger partial charge in [0.05, 0.1) is 17.2 Å². The van der Waals surface area contributed by atoms with Gasteiger partial charge < -0.3 is 5.32 Å². The number of hydrogen-bond acceptors (Lipinski definition) is 10. The summed E-state index contributed by atoms with van der Waals surface area (Å²) in [7, 11) is -3.62. The number of sulfonamides is 1. The van der Waals surface area contributed by atoms with Gasteiger partial charge in [-0.1, -0.05) is 52.9 Å². The zero-order chi connectivity index (χ0) is 29.6. The number of aryl methyl sites for hydroxylation is 1. The highest BCUT2D eigenvalue weighted by molar-refractivity contribution is 9.10. The van der Waals surface area contributed by atoms with Gasteiger partial charge in [-0.3, -0.25) is 19.5 Å². The third-order valence-electron chi connectivity index (χ3n) is 5.76. The Bertz CT molecular complexity index is 1620. The van der Waals surface area contributed by atoms with Crippen LogP contribution in [0.15, 0.2) is 63.1 Å². The third kappa shape index (κ3) is 7.56. The molecule has 0 bridgehead atoms. The summed E-state index contributed by atoms with van der Waals surface area (Å²) in [4.78, 5) is 25.5. The molecule has 2 amide bonds. The van der Waals surface area contributed by atoms with Crippen LogP contribution in [0, 0.1) is 6.92 Å². The number of halogens is 1. The van der Waals surface area contributed by atoms with E-state index in [9.17, 15) is 18.0 Å². The Hall–Kier alpha value is -3.18. The van der Waals surface area contributed by atoms with Crippen LogP contribution in [-0.4, -0.2) is 68.3 Å². The number of nitrogens with zero attached hydrogens (tertiary/aromatic N) is 6. The number of hydrogen-bond donors (Lipinski definition) is 2. The standard InChI is InChI=1S/C25H27BrN8O4S3/c1-4-33(5-2)41(37,38)20-12-6-17(7-13-20)23(36)27-14-21-30-32-25(34(21)19-10-8-18(26)9-11-19)39-15-22(35)28-24-31-29-16(3)40-24/h6-13H,4-5,14-15H2,1-3H3,(H,27,36)(H,28,31,35). The van der Waals surface area contributed by atoms with Crippen molar-refractivity contribution in [2.45, 2.75) is 37.4 Å². The lowest BCUT2D eigenvalue weighted by atomic mass is 10.2. The number of thioether (sulfide) groups is 1. The topological polar surface area (TPSA) is 152 Å². The largest absolute Gasteiger partial charge is 0.345 e. The van der Waals surface area contributed by atoms with Crippen LogP contribution in [0.4, 0.5) is 5.13 Å². The molecule has 2 aromatic carbocycles. The summed E-state index contributed by atoms with van der Waals surface area (Å²) in [5, 5.41) is 23.5. The summed E-state index contributed by atoms with van der Waals surface area (Å²) < 4.78 is 29.5. The van der Waals surface area contributed by atoms with E-state index in [0.29, 0.717) is 34.8 Å². The van der Waals surface area contributed by atoms with E-state index >= 15 is 0 Å². The minimum Gasteiger partial charge on any atom is -0.345 e. The monoisotopic (exact) mass is 678 g/mol. The van der Waals surface area contributed by atoms with Crippen molar-refractivity contribution >= 4 is 66.0 Å². The first-order chi connectivity index (χ1) is 19.6. The number of carbonyl (C=O) groups excluding carboxylic acids is 2. The molecule has 16 heteroatoms. The van der Waals surface area contributed by atoms with Crippen LogP contribution in [0.25, 0.3) is 5.69 Å². The lowest BCUT2D eigenvalue weighted by Gasteiger charge is -2.18. The minimum absolute atomic E-state index is 0.0399. The van der Waals surface area contributed by atoms with Crippen LogP contribution >= 0.6 is 39.0 Å². The molecule has 0 saturated heterocycles. The minimum atomic E-state index is -3.62.